The second kappa shape index (κ2) is 5.57. The molecule has 1 aliphatic rings. The molecule has 1 fully saturated rings. The highest BCUT2D eigenvalue weighted by molar-refractivity contribution is 5.97. The van der Waals surface area contributed by atoms with E-state index in [1.165, 1.54) is 6.07 Å². The zero-order valence-electron chi connectivity index (χ0n) is 10.8. The number of carbonyl (C=O) groups excluding carboxylic acids is 1. The van der Waals surface area contributed by atoms with E-state index in [1.54, 1.807) is 11.8 Å². The fraction of sp³-hybridized carbons (Fsp3) is 0.500. The molecule has 1 aliphatic heterocycles. The molecule has 0 aromatic heterocycles. The third-order valence-corrected chi connectivity index (χ3v) is 3.44. The Hall–Kier alpha value is -1.62. The highest BCUT2D eigenvalue weighted by atomic mass is 19.1. The van der Waals surface area contributed by atoms with Crippen molar-refractivity contribution < 1.29 is 19.4 Å². The maximum absolute atomic E-state index is 12.9. The summed E-state index contributed by atoms with van der Waals surface area (Å²) >= 11 is 0. The van der Waals surface area contributed by atoms with Gasteiger partial charge in [0.2, 0.25) is 0 Å². The number of amides is 1. The van der Waals surface area contributed by atoms with E-state index in [4.69, 9.17) is 0 Å². The molecular weight excluding hydrogens is 249 g/mol. The van der Waals surface area contributed by atoms with Crippen molar-refractivity contribution in [3.8, 4) is 5.75 Å². The van der Waals surface area contributed by atoms with Gasteiger partial charge in [0, 0.05) is 18.7 Å². The molecule has 104 valence electrons. The van der Waals surface area contributed by atoms with Crippen LogP contribution in [-0.4, -0.2) is 39.7 Å². The summed E-state index contributed by atoms with van der Waals surface area (Å²) in [7, 11) is 0. The number of aliphatic hydroxyl groups excluding tert-OH is 1. The summed E-state index contributed by atoms with van der Waals surface area (Å²) in [5, 5.41) is 19.1. The second-order valence-electron chi connectivity index (χ2n) is 5.04. The van der Waals surface area contributed by atoms with E-state index in [9.17, 15) is 19.4 Å². The lowest BCUT2D eigenvalue weighted by molar-refractivity contribution is 0.0679. The van der Waals surface area contributed by atoms with Crippen LogP contribution < -0.4 is 0 Å². The van der Waals surface area contributed by atoms with Gasteiger partial charge in [0.15, 0.2) is 0 Å². The van der Waals surface area contributed by atoms with E-state index in [2.05, 4.69) is 0 Å². The predicted octanol–water partition coefficient (Wildman–Crippen LogP) is 1.91. The molecule has 5 heteroatoms. The zero-order chi connectivity index (χ0) is 14.0. The van der Waals surface area contributed by atoms with Gasteiger partial charge in [0.1, 0.15) is 11.6 Å². The molecule has 0 bridgehead atoms. The van der Waals surface area contributed by atoms with E-state index < -0.39 is 11.9 Å². The molecule has 0 saturated carbocycles. The van der Waals surface area contributed by atoms with Crippen molar-refractivity contribution in [1.82, 2.24) is 4.90 Å². The Morgan fingerprint density at radius 1 is 1.58 bits per heavy atom. The first-order valence-corrected chi connectivity index (χ1v) is 6.46. The van der Waals surface area contributed by atoms with E-state index in [-0.39, 0.29) is 23.3 Å². The number of aromatic hydroxyl groups is 1. The van der Waals surface area contributed by atoms with E-state index in [0.29, 0.717) is 13.0 Å². The number of hydrogen-bond donors (Lipinski definition) is 2. The zero-order valence-corrected chi connectivity index (χ0v) is 10.8. The molecule has 1 amide bonds. The fourth-order valence-electron chi connectivity index (χ4n) is 2.58. The van der Waals surface area contributed by atoms with Crippen molar-refractivity contribution in [2.75, 3.05) is 6.54 Å². The number of hydrogen-bond acceptors (Lipinski definition) is 3. The summed E-state index contributed by atoms with van der Waals surface area (Å²) in [6.07, 6.45) is 1.78. The Morgan fingerprint density at radius 2 is 2.32 bits per heavy atom. The first kappa shape index (κ1) is 13.8. The first-order valence-electron chi connectivity index (χ1n) is 6.46. The lowest BCUT2D eigenvalue weighted by Gasteiger charge is -2.26. The topological polar surface area (TPSA) is 60.8 Å². The van der Waals surface area contributed by atoms with Crippen LogP contribution in [0.4, 0.5) is 4.39 Å². The summed E-state index contributed by atoms with van der Waals surface area (Å²) in [4.78, 5) is 14.0. The van der Waals surface area contributed by atoms with Crippen molar-refractivity contribution >= 4 is 5.91 Å². The number of likely N-dealkylation sites (tertiary alicyclic amines) is 1. The molecule has 0 aliphatic carbocycles. The smallest absolute Gasteiger partial charge is 0.257 e. The Kier molecular flexibility index (Phi) is 4.04. The van der Waals surface area contributed by atoms with Gasteiger partial charge < -0.3 is 15.1 Å². The summed E-state index contributed by atoms with van der Waals surface area (Å²) in [6.45, 7) is 2.30. The number of nitrogens with zero attached hydrogens (tertiary/aromatic N) is 1. The minimum Gasteiger partial charge on any atom is -0.507 e. The van der Waals surface area contributed by atoms with Gasteiger partial charge in [-0.05, 0) is 38.3 Å². The summed E-state index contributed by atoms with van der Waals surface area (Å²) < 4.78 is 12.9. The van der Waals surface area contributed by atoms with Gasteiger partial charge in [0.25, 0.3) is 5.91 Å². The van der Waals surface area contributed by atoms with Crippen LogP contribution in [0.2, 0.25) is 0 Å². The van der Waals surface area contributed by atoms with E-state index >= 15 is 0 Å². The molecule has 1 aromatic rings. The average molecular weight is 267 g/mol. The van der Waals surface area contributed by atoms with Gasteiger partial charge in [-0.25, -0.2) is 4.39 Å². The molecule has 2 atom stereocenters. The number of carbonyl (C=O) groups is 1. The van der Waals surface area contributed by atoms with Gasteiger partial charge in [-0.15, -0.1) is 0 Å². The normalized spacial score (nSPS) is 20.6. The lowest BCUT2D eigenvalue weighted by Crippen LogP contribution is -2.37. The summed E-state index contributed by atoms with van der Waals surface area (Å²) in [5.74, 6) is -1.22. The van der Waals surface area contributed by atoms with Crippen LogP contribution in [0.5, 0.6) is 5.75 Å². The third-order valence-electron chi connectivity index (χ3n) is 3.44. The molecule has 2 N–H and O–H groups in total. The van der Waals surface area contributed by atoms with Crippen LogP contribution in [0, 0.1) is 5.82 Å². The van der Waals surface area contributed by atoms with Crippen LogP contribution in [0.3, 0.4) is 0 Å². The number of phenolic OH excluding ortho intramolecular Hbond substituents is 1. The number of benzene rings is 1. The van der Waals surface area contributed by atoms with Crippen LogP contribution in [0.25, 0.3) is 0 Å². The highest BCUT2D eigenvalue weighted by Crippen LogP contribution is 2.27. The molecular formula is C14H18FNO3. The van der Waals surface area contributed by atoms with Gasteiger partial charge in [-0.3, -0.25) is 4.79 Å². The van der Waals surface area contributed by atoms with Crippen molar-refractivity contribution in [3.05, 3.63) is 29.6 Å². The summed E-state index contributed by atoms with van der Waals surface area (Å²) in [6, 6.07) is 3.38. The number of rotatable bonds is 3. The average Bonchev–Trinajstić information content (AvgIpc) is 2.75. The van der Waals surface area contributed by atoms with Crippen LogP contribution in [0.15, 0.2) is 18.2 Å². The van der Waals surface area contributed by atoms with Crippen molar-refractivity contribution in [2.45, 2.75) is 38.3 Å². The minimum atomic E-state index is -0.573. The molecule has 2 unspecified atom stereocenters. The molecule has 1 heterocycles. The van der Waals surface area contributed by atoms with Crippen molar-refractivity contribution in [2.24, 2.45) is 0 Å². The van der Waals surface area contributed by atoms with Crippen LogP contribution >= 0.6 is 0 Å². The third kappa shape index (κ3) is 3.04. The highest BCUT2D eigenvalue weighted by Gasteiger charge is 2.31. The number of aliphatic hydroxyl groups is 1. The SMILES string of the molecule is CC(O)CC1CCCN1C(=O)c1ccc(F)cc1O. The van der Waals surface area contributed by atoms with E-state index in [1.807, 2.05) is 0 Å². The minimum absolute atomic E-state index is 0.0167. The molecule has 19 heavy (non-hydrogen) atoms. The largest absolute Gasteiger partial charge is 0.507 e. The number of phenols is 1. The lowest BCUT2D eigenvalue weighted by atomic mass is 10.1. The molecule has 0 radical (unpaired) electrons. The maximum Gasteiger partial charge on any atom is 0.257 e. The number of halogens is 1. The van der Waals surface area contributed by atoms with Crippen molar-refractivity contribution in [1.29, 1.82) is 0 Å². The second-order valence-corrected chi connectivity index (χ2v) is 5.04. The van der Waals surface area contributed by atoms with Gasteiger partial charge in [-0.2, -0.15) is 0 Å². The summed E-state index contributed by atoms with van der Waals surface area (Å²) in [5.41, 5.74) is 0.110. The van der Waals surface area contributed by atoms with Crippen LogP contribution in [0.1, 0.15) is 36.5 Å². The van der Waals surface area contributed by atoms with Gasteiger partial charge in [-0.1, -0.05) is 0 Å². The fourth-order valence-corrected chi connectivity index (χ4v) is 2.58. The molecule has 4 nitrogen and oxygen atoms in total. The van der Waals surface area contributed by atoms with Crippen LogP contribution in [-0.2, 0) is 0 Å². The predicted molar refractivity (Wildman–Crippen MR) is 68.4 cm³/mol. The Bertz CT molecular complexity index is 476. The molecule has 0 spiro atoms. The van der Waals surface area contributed by atoms with E-state index in [0.717, 1.165) is 25.0 Å². The Balaban J connectivity index is 2.18. The quantitative estimate of drug-likeness (QED) is 0.879. The molecule has 2 rings (SSSR count). The maximum atomic E-state index is 12.9. The standard InChI is InChI=1S/C14H18FNO3/c1-9(17)7-11-3-2-6-16(11)14(19)12-5-4-10(15)8-13(12)18/h4-5,8-9,11,17-18H,2-3,6-7H2,1H3. The molecule has 1 saturated heterocycles. The molecule has 1 aromatic carbocycles. The Morgan fingerprint density at radius 3 is 2.95 bits per heavy atom. The Labute approximate surface area is 111 Å². The monoisotopic (exact) mass is 267 g/mol. The van der Waals surface area contributed by atoms with Gasteiger partial charge in [0.05, 0.1) is 11.7 Å². The van der Waals surface area contributed by atoms with Gasteiger partial charge >= 0.3 is 0 Å². The first-order chi connectivity index (χ1) is 8.99. The van der Waals surface area contributed by atoms with Crippen molar-refractivity contribution in [3.63, 3.8) is 0 Å².